The molecule has 4 heteroatoms. The molecule has 0 radical (unpaired) electrons. The minimum Gasteiger partial charge on any atom is -0.469 e. The zero-order valence-electron chi connectivity index (χ0n) is 12.8. The van der Waals surface area contributed by atoms with Crippen molar-refractivity contribution in [3.63, 3.8) is 0 Å². The van der Waals surface area contributed by atoms with E-state index in [1.165, 1.54) is 13.5 Å². The van der Waals surface area contributed by atoms with Crippen molar-refractivity contribution in [1.82, 2.24) is 5.32 Å². The van der Waals surface area contributed by atoms with Crippen LogP contribution >= 0.6 is 0 Å². The van der Waals surface area contributed by atoms with E-state index in [0.29, 0.717) is 13.1 Å². The van der Waals surface area contributed by atoms with Crippen LogP contribution in [-0.4, -0.2) is 36.9 Å². The average molecular weight is 271 g/mol. The summed E-state index contributed by atoms with van der Waals surface area (Å²) in [5.41, 5.74) is -1.15. The van der Waals surface area contributed by atoms with Gasteiger partial charge in [-0.05, 0) is 45.4 Å². The highest BCUT2D eigenvalue weighted by Gasteiger charge is 2.34. The molecule has 0 unspecified atom stereocenters. The number of esters is 1. The minimum atomic E-state index is -0.599. The first-order chi connectivity index (χ1) is 8.83. The van der Waals surface area contributed by atoms with E-state index < -0.39 is 11.0 Å². The van der Waals surface area contributed by atoms with Crippen molar-refractivity contribution in [3.8, 4) is 0 Å². The Morgan fingerprint density at radius 3 is 2.47 bits per heavy atom. The molecule has 1 saturated carbocycles. The molecule has 0 aliphatic heterocycles. The van der Waals surface area contributed by atoms with Crippen LogP contribution in [0.3, 0.4) is 0 Å². The van der Waals surface area contributed by atoms with Gasteiger partial charge in [-0.3, -0.25) is 4.79 Å². The number of hydrogen-bond donors (Lipinski definition) is 2. The fourth-order valence-electron chi connectivity index (χ4n) is 2.76. The Hall–Kier alpha value is -0.610. The number of nitrogens with one attached hydrogen (secondary N) is 1. The van der Waals surface area contributed by atoms with Crippen molar-refractivity contribution < 1.29 is 14.6 Å². The molecule has 4 nitrogen and oxygen atoms in total. The van der Waals surface area contributed by atoms with Gasteiger partial charge < -0.3 is 15.2 Å². The van der Waals surface area contributed by atoms with E-state index in [9.17, 15) is 9.90 Å². The number of ether oxygens (including phenoxy) is 1. The first kappa shape index (κ1) is 16.4. The molecule has 1 aliphatic rings. The van der Waals surface area contributed by atoms with Gasteiger partial charge in [0, 0.05) is 13.1 Å². The quantitative estimate of drug-likeness (QED) is 0.726. The highest BCUT2D eigenvalue weighted by atomic mass is 16.5. The zero-order valence-corrected chi connectivity index (χ0v) is 12.8. The van der Waals surface area contributed by atoms with Gasteiger partial charge in [0.15, 0.2) is 0 Å². The lowest BCUT2D eigenvalue weighted by atomic mass is 9.77. The summed E-state index contributed by atoms with van der Waals surface area (Å²) < 4.78 is 4.77. The molecule has 1 fully saturated rings. The minimum absolute atomic E-state index is 0.221. The van der Waals surface area contributed by atoms with Gasteiger partial charge in [-0.25, -0.2) is 0 Å². The third kappa shape index (κ3) is 4.77. The fraction of sp³-hybridized carbons (Fsp3) is 0.933. The Morgan fingerprint density at radius 2 is 2.00 bits per heavy atom. The predicted molar refractivity (Wildman–Crippen MR) is 75.9 cm³/mol. The maximum Gasteiger partial charge on any atom is 0.312 e. The number of methoxy groups -OCH3 is 1. The third-order valence-corrected chi connectivity index (χ3v) is 4.37. The van der Waals surface area contributed by atoms with E-state index in [-0.39, 0.29) is 5.97 Å². The lowest BCUT2D eigenvalue weighted by molar-refractivity contribution is -0.150. The predicted octanol–water partition coefficient (Wildman–Crippen LogP) is 2.11. The number of aliphatic hydroxyl groups is 1. The first-order valence-electron chi connectivity index (χ1n) is 7.34. The van der Waals surface area contributed by atoms with Crippen molar-refractivity contribution in [2.75, 3.05) is 20.2 Å². The molecule has 0 bridgehead atoms. The molecule has 1 aliphatic carbocycles. The van der Waals surface area contributed by atoms with Crippen LogP contribution in [0.15, 0.2) is 0 Å². The van der Waals surface area contributed by atoms with Crippen molar-refractivity contribution in [2.45, 2.75) is 58.5 Å². The van der Waals surface area contributed by atoms with Gasteiger partial charge in [0.2, 0.25) is 0 Å². The van der Waals surface area contributed by atoms with E-state index in [1.54, 1.807) is 0 Å². The highest BCUT2D eigenvalue weighted by Crippen LogP contribution is 2.33. The zero-order chi connectivity index (χ0) is 14.5. The van der Waals surface area contributed by atoms with Gasteiger partial charge in [-0.2, -0.15) is 0 Å². The van der Waals surface area contributed by atoms with E-state index in [2.05, 4.69) is 12.2 Å². The SMILES string of the molecule is CCC1CCC(O)(CNCC(C)(C)C(=O)OC)CC1. The summed E-state index contributed by atoms with van der Waals surface area (Å²) in [4.78, 5) is 11.6. The van der Waals surface area contributed by atoms with Crippen LogP contribution in [0.1, 0.15) is 52.9 Å². The Kier molecular flexibility index (Phi) is 5.81. The van der Waals surface area contributed by atoms with Gasteiger partial charge in [0.05, 0.1) is 18.1 Å². The van der Waals surface area contributed by atoms with Crippen LogP contribution in [0, 0.1) is 11.3 Å². The Morgan fingerprint density at radius 1 is 1.42 bits per heavy atom. The lowest BCUT2D eigenvalue weighted by Gasteiger charge is -2.36. The topological polar surface area (TPSA) is 58.6 Å². The molecule has 0 aromatic carbocycles. The molecular formula is C15H29NO3. The number of carbonyl (C=O) groups excluding carboxylic acids is 1. The molecule has 112 valence electrons. The summed E-state index contributed by atoms with van der Waals surface area (Å²) >= 11 is 0. The van der Waals surface area contributed by atoms with Crippen molar-refractivity contribution >= 4 is 5.97 Å². The van der Waals surface area contributed by atoms with Crippen LogP contribution < -0.4 is 5.32 Å². The maximum atomic E-state index is 11.6. The molecule has 0 heterocycles. The van der Waals surface area contributed by atoms with Gasteiger partial charge >= 0.3 is 5.97 Å². The largest absolute Gasteiger partial charge is 0.469 e. The second-order valence-corrected chi connectivity index (χ2v) is 6.55. The Balaban J connectivity index is 2.35. The molecule has 0 aromatic rings. The molecule has 0 spiro atoms. The smallest absolute Gasteiger partial charge is 0.312 e. The molecule has 0 aromatic heterocycles. The summed E-state index contributed by atoms with van der Waals surface area (Å²) in [6.07, 6.45) is 5.14. The van der Waals surface area contributed by atoms with E-state index in [4.69, 9.17) is 4.74 Å². The Bertz CT molecular complexity index is 294. The number of hydrogen-bond acceptors (Lipinski definition) is 4. The summed E-state index contributed by atoms with van der Waals surface area (Å²) in [6, 6.07) is 0. The van der Waals surface area contributed by atoms with Gasteiger partial charge in [0.25, 0.3) is 0 Å². The van der Waals surface area contributed by atoms with Gasteiger partial charge in [0.1, 0.15) is 0 Å². The fourth-order valence-corrected chi connectivity index (χ4v) is 2.76. The van der Waals surface area contributed by atoms with Crippen LogP contribution in [0.25, 0.3) is 0 Å². The number of carbonyl (C=O) groups is 1. The van der Waals surface area contributed by atoms with Crippen LogP contribution in [0.5, 0.6) is 0 Å². The van der Waals surface area contributed by atoms with Crippen LogP contribution in [-0.2, 0) is 9.53 Å². The second-order valence-electron chi connectivity index (χ2n) is 6.55. The van der Waals surface area contributed by atoms with E-state index >= 15 is 0 Å². The molecule has 19 heavy (non-hydrogen) atoms. The van der Waals surface area contributed by atoms with Crippen LogP contribution in [0.4, 0.5) is 0 Å². The molecule has 0 amide bonds. The van der Waals surface area contributed by atoms with Crippen molar-refractivity contribution in [1.29, 1.82) is 0 Å². The summed E-state index contributed by atoms with van der Waals surface area (Å²) in [7, 11) is 1.41. The first-order valence-corrected chi connectivity index (χ1v) is 7.34. The number of rotatable bonds is 6. The van der Waals surface area contributed by atoms with E-state index in [1.807, 2.05) is 13.8 Å². The van der Waals surface area contributed by atoms with Crippen LogP contribution in [0.2, 0.25) is 0 Å². The molecule has 2 N–H and O–H groups in total. The van der Waals surface area contributed by atoms with E-state index in [0.717, 1.165) is 31.6 Å². The van der Waals surface area contributed by atoms with Crippen molar-refractivity contribution in [2.24, 2.45) is 11.3 Å². The molecule has 0 saturated heterocycles. The summed E-state index contributed by atoms with van der Waals surface area (Å²) in [5, 5.41) is 13.7. The van der Waals surface area contributed by atoms with Gasteiger partial charge in [-0.1, -0.05) is 13.3 Å². The third-order valence-electron chi connectivity index (χ3n) is 4.37. The molecule has 0 atom stereocenters. The monoisotopic (exact) mass is 271 g/mol. The molecule has 1 rings (SSSR count). The molecular weight excluding hydrogens is 242 g/mol. The Labute approximate surface area is 116 Å². The normalized spacial score (nSPS) is 28.2. The van der Waals surface area contributed by atoms with Crippen molar-refractivity contribution in [3.05, 3.63) is 0 Å². The average Bonchev–Trinajstić information content (AvgIpc) is 2.38. The lowest BCUT2D eigenvalue weighted by Crippen LogP contribution is -2.47. The summed E-state index contributed by atoms with van der Waals surface area (Å²) in [6.45, 7) is 7.00. The standard InChI is InChI=1S/C15H29NO3/c1-5-12-6-8-15(18,9-7-12)11-16-10-14(2,3)13(17)19-4/h12,16,18H,5-11H2,1-4H3. The second kappa shape index (κ2) is 6.71. The maximum absolute atomic E-state index is 11.6. The van der Waals surface area contributed by atoms with Gasteiger partial charge in [-0.15, -0.1) is 0 Å². The highest BCUT2D eigenvalue weighted by molar-refractivity contribution is 5.76. The summed E-state index contributed by atoms with van der Waals surface area (Å²) in [5.74, 6) is 0.550.